The van der Waals surface area contributed by atoms with Crippen LogP contribution in [-0.4, -0.2) is 22.1 Å². The van der Waals surface area contributed by atoms with Gasteiger partial charge in [0.1, 0.15) is 5.75 Å². The van der Waals surface area contributed by atoms with Crippen molar-refractivity contribution in [2.75, 3.05) is 7.11 Å². The molecular formula is C13H18N4O. The van der Waals surface area contributed by atoms with Crippen LogP contribution in [0, 0.1) is 0 Å². The first-order valence-corrected chi connectivity index (χ1v) is 5.92. The highest BCUT2D eigenvalue weighted by atomic mass is 16.5. The number of benzene rings is 1. The van der Waals surface area contributed by atoms with Gasteiger partial charge in [-0.1, -0.05) is 23.4 Å². The van der Waals surface area contributed by atoms with E-state index in [9.17, 15) is 0 Å². The van der Waals surface area contributed by atoms with Gasteiger partial charge >= 0.3 is 0 Å². The van der Waals surface area contributed by atoms with Crippen LogP contribution in [0.3, 0.4) is 0 Å². The molecule has 0 saturated carbocycles. The Bertz CT molecular complexity index is 509. The summed E-state index contributed by atoms with van der Waals surface area (Å²) in [4.78, 5) is 0. The van der Waals surface area contributed by atoms with Crippen molar-refractivity contribution in [1.29, 1.82) is 0 Å². The zero-order chi connectivity index (χ0) is 13.0. The largest absolute Gasteiger partial charge is 0.496 e. The van der Waals surface area contributed by atoms with Crippen LogP contribution < -0.4 is 10.1 Å². The number of methoxy groups -OCH3 is 1. The van der Waals surface area contributed by atoms with Gasteiger partial charge in [0, 0.05) is 25.2 Å². The molecule has 5 nitrogen and oxygen atoms in total. The Morgan fingerprint density at radius 1 is 1.39 bits per heavy atom. The van der Waals surface area contributed by atoms with E-state index in [1.165, 1.54) is 0 Å². The third-order valence-electron chi connectivity index (χ3n) is 3.00. The maximum absolute atomic E-state index is 5.36. The molecule has 0 amide bonds. The molecule has 0 unspecified atom stereocenters. The van der Waals surface area contributed by atoms with Crippen LogP contribution >= 0.6 is 0 Å². The molecule has 5 heteroatoms. The average molecular weight is 246 g/mol. The van der Waals surface area contributed by atoms with E-state index < -0.39 is 0 Å². The second kappa shape index (κ2) is 5.64. The summed E-state index contributed by atoms with van der Waals surface area (Å²) in [7, 11) is 3.58. The Labute approximate surface area is 107 Å². The molecule has 1 atom stereocenters. The fourth-order valence-electron chi connectivity index (χ4n) is 1.86. The summed E-state index contributed by atoms with van der Waals surface area (Å²) in [6.45, 7) is 2.84. The standard InChI is InChI=1S/C13H18N4O/c1-10(12-6-4-5-7-13(12)18-3)14-8-11-9-15-16-17(11)2/h4-7,9-10,14H,8H2,1-3H3/t10-/m0/s1. The van der Waals surface area contributed by atoms with Gasteiger partial charge in [-0.2, -0.15) is 0 Å². The van der Waals surface area contributed by atoms with Crippen LogP contribution in [0.4, 0.5) is 0 Å². The summed E-state index contributed by atoms with van der Waals surface area (Å²) in [6.07, 6.45) is 1.77. The fourth-order valence-corrected chi connectivity index (χ4v) is 1.86. The predicted octanol–water partition coefficient (Wildman–Crippen LogP) is 1.67. The van der Waals surface area contributed by atoms with Crippen molar-refractivity contribution in [2.24, 2.45) is 7.05 Å². The predicted molar refractivity (Wildman–Crippen MR) is 69.3 cm³/mol. The van der Waals surface area contributed by atoms with E-state index in [4.69, 9.17) is 4.74 Å². The summed E-state index contributed by atoms with van der Waals surface area (Å²) in [5.74, 6) is 0.903. The number of nitrogens with one attached hydrogen (secondary N) is 1. The third kappa shape index (κ3) is 2.68. The lowest BCUT2D eigenvalue weighted by Gasteiger charge is -2.17. The number of aromatic nitrogens is 3. The summed E-state index contributed by atoms with van der Waals surface area (Å²) in [6, 6.07) is 8.23. The van der Waals surface area contributed by atoms with Crippen molar-refractivity contribution in [3.05, 3.63) is 41.7 Å². The lowest BCUT2D eigenvalue weighted by atomic mass is 10.1. The lowest BCUT2D eigenvalue weighted by molar-refractivity contribution is 0.401. The molecule has 0 fully saturated rings. The van der Waals surface area contributed by atoms with Crippen molar-refractivity contribution in [3.8, 4) is 5.75 Å². The van der Waals surface area contributed by atoms with E-state index >= 15 is 0 Å². The molecule has 0 spiro atoms. The molecule has 0 aliphatic rings. The minimum absolute atomic E-state index is 0.205. The molecule has 96 valence electrons. The first-order chi connectivity index (χ1) is 8.72. The molecule has 2 rings (SSSR count). The van der Waals surface area contributed by atoms with E-state index in [0.717, 1.165) is 23.6 Å². The van der Waals surface area contributed by atoms with Crippen LogP contribution in [0.15, 0.2) is 30.5 Å². The van der Waals surface area contributed by atoms with Gasteiger partial charge in [-0.05, 0) is 13.0 Å². The van der Waals surface area contributed by atoms with Crippen molar-refractivity contribution in [3.63, 3.8) is 0 Å². The Balaban J connectivity index is 2.03. The van der Waals surface area contributed by atoms with E-state index in [1.54, 1.807) is 18.0 Å². The van der Waals surface area contributed by atoms with Crippen LogP contribution in [0.1, 0.15) is 24.2 Å². The quantitative estimate of drug-likeness (QED) is 0.872. The Kier molecular flexibility index (Phi) is 3.94. The molecule has 2 aromatic rings. The number of para-hydroxylation sites is 1. The second-order valence-electron chi connectivity index (χ2n) is 4.19. The third-order valence-corrected chi connectivity index (χ3v) is 3.00. The summed E-state index contributed by atoms with van der Waals surface area (Å²) < 4.78 is 7.12. The number of hydrogen-bond donors (Lipinski definition) is 1. The van der Waals surface area contributed by atoms with Crippen LogP contribution in [0.5, 0.6) is 5.75 Å². The van der Waals surface area contributed by atoms with Gasteiger partial charge in [0.25, 0.3) is 0 Å². The van der Waals surface area contributed by atoms with Gasteiger partial charge in [0.05, 0.1) is 19.0 Å². The van der Waals surface area contributed by atoms with Gasteiger partial charge in [-0.25, -0.2) is 0 Å². The highest BCUT2D eigenvalue weighted by Crippen LogP contribution is 2.24. The highest BCUT2D eigenvalue weighted by Gasteiger charge is 2.10. The molecule has 0 bridgehead atoms. The number of rotatable bonds is 5. The molecule has 1 aromatic carbocycles. The molecule has 18 heavy (non-hydrogen) atoms. The maximum Gasteiger partial charge on any atom is 0.123 e. The van der Waals surface area contributed by atoms with Gasteiger partial charge < -0.3 is 10.1 Å². The first-order valence-electron chi connectivity index (χ1n) is 5.92. The molecule has 1 heterocycles. The smallest absolute Gasteiger partial charge is 0.123 e. The number of aryl methyl sites for hydroxylation is 1. The van der Waals surface area contributed by atoms with Crippen LogP contribution in [0.2, 0.25) is 0 Å². The molecule has 1 aromatic heterocycles. The van der Waals surface area contributed by atoms with Crippen LogP contribution in [-0.2, 0) is 13.6 Å². The van der Waals surface area contributed by atoms with E-state index in [-0.39, 0.29) is 6.04 Å². The second-order valence-corrected chi connectivity index (χ2v) is 4.19. The van der Waals surface area contributed by atoms with Gasteiger partial charge in [-0.15, -0.1) is 5.10 Å². The normalized spacial score (nSPS) is 12.4. The number of nitrogens with zero attached hydrogens (tertiary/aromatic N) is 3. The molecular weight excluding hydrogens is 228 g/mol. The first kappa shape index (κ1) is 12.6. The number of ether oxygens (including phenoxy) is 1. The Morgan fingerprint density at radius 3 is 2.83 bits per heavy atom. The molecule has 0 aliphatic carbocycles. The van der Waals surface area contributed by atoms with E-state index in [0.29, 0.717) is 0 Å². The SMILES string of the molecule is COc1ccccc1[C@H](C)NCc1cnnn1C. The Morgan fingerprint density at radius 2 is 2.17 bits per heavy atom. The minimum Gasteiger partial charge on any atom is -0.496 e. The minimum atomic E-state index is 0.205. The average Bonchev–Trinajstić information content (AvgIpc) is 2.81. The van der Waals surface area contributed by atoms with Gasteiger partial charge in [-0.3, -0.25) is 4.68 Å². The zero-order valence-corrected chi connectivity index (χ0v) is 10.9. The van der Waals surface area contributed by atoms with E-state index in [1.807, 2.05) is 25.2 Å². The molecule has 0 aliphatic heterocycles. The number of hydrogen-bond acceptors (Lipinski definition) is 4. The lowest BCUT2D eigenvalue weighted by Crippen LogP contribution is -2.20. The van der Waals surface area contributed by atoms with Crippen LogP contribution in [0.25, 0.3) is 0 Å². The zero-order valence-electron chi connectivity index (χ0n) is 10.9. The van der Waals surface area contributed by atoms with Crippen molar-refractivity contribution in [2.45, 2.75) is 19.5 Å². The molecule has 1 N–H and O–H groups in total. The monoisotopic (exact) mass is 246 g/mol. The summed E-state index contributed by atoms with van der Waals surface area (Å²) >= 11 is 0. The molecule has 0 radical (unpaired) electrons. The summed E-state index contributed by atoms with van der Waals surface area (Å²) in [5, 5.41) is 11.2. The van der Waals surface area contributed by atoms with E-state index in [2.05, 4.69) is 28.6 Å². The summed E-state index contributed by atoms with van der Waals surface area (Å²) in [5.41, 5.74) is 2.20. The van der Waals surface area contributed by atoms with Crippen molar-refractivity contribution < 1.29 is 4.74 Å². The topological polar surface area (TPSA) is 52.0 Å². The fraction of sp³-hybridized carbons (Fsp3) is 0.385. The highest BCUT2D eigenvalue weighted by molar-refractivity contribution is 5.35. The van der Waals surface area contributed by atoms with Crippen molar-refractivity contribution in [1.82, 2.24) is 20.3 Å². The van der Waals surface area contributed by atoms with Gasteiger partial charge in [0.2, 0.25) is 0 Å². The maximum atomic E-state index is 5.36. The van der Waals surface area contributed by atoms with Gasteiger partial charge in [0.15, 0.2) is 0 Å². The molecule has 0 saturated heterocycles. The Hall–Kier alpha value is -1.88. The van der Waals surface area contributed by atoms with Crippen molar-refractivity contribution >= 4 is 0 Å².